The monoisotopic (exact) mass is 852 g/mol. The van der Waals surface area contributed by atoms with Crippen LogP contribution in [0.4, 0.5) is 37.7 Å². The molecule has 13 nitrogen and oxygen atoms in total. The summed E-state index contributed by atoms with van der Waals surface area (Å²) in [7, 11) is 0. The minimum Gasteiger partial charge on any atom is -0.396 e. The largest absolute Gasteiger partial charge is 0.419 e. The topological polar surface area (TPSA) is 162 Å². The number of nitriles is 1. The van der Waals surface area contributed by atoms with Crippen molar-refractivity contribution in [2.45, 2.75) is 101 Å². The van der Waals surface area contributed by atoms with Gasteiger partial charge in [0.05, 0.1) is 29.9 Å². The van der Waals surface area contributed by atoms with Crippen LogP contribution in [0, 0.1) is 11.3 Å². The van der Waals surface area contributed by atoms with Crippen molar-refractivity contribution < 1.29 is 50.6 Å². The van der Waals surface area contributed by atoms with E-state index in [1.165, 1.54) is 6.07 Å². The summed E-state index contributed by atoms with van der Waals surface area (Å²) in [6.45, 7) is 3.55. The fourth-order valence-corrected chi connectivity index (χ4v) is 8.54. The Bertz CT molecular complexity index is 1950. The second-order valence-electron chi connectivity index (χ2n) is 15.4. The van der Waals surface area contributed by atoms with E-state index in [0.29, 0.717) is 37.2 Å². The number of piperazine rings is 1. The Hall–Kier alpha value is -4.71. The first kappa shape index (κ1) is 45.4. The number of aliphatic hydroxyl groups is 1. The molecule has 0 bridgehead atoms. The van der Waals surface area contributed by atoms with Gasteiger partial charge in [-0.1, -0.05) is 31.4 Å². The van der Waals surface area contributed by atoms with Gasteiger partial charge in [0.2, 0.25) is 17.7 Å². The number of hydrogen-bond acceptors (Lipinski definition) is 10. The minimum absolute atomic E-state index is 0.0669. The van der Waals surface area contributed by atoms with Crippen LogP contribution in [0.25, 0.3) is 0 Å². The van der Waals surface area contributed by atoms with Gasteiger partial charge in [-0.2, -0.15) is 31.6 Å². The molecule has 4 amide bonds. The molecule has 2 unspecified atom stereocenters. The summed E-state index contributed by atoms with van der Waals surface area (Å²) in [4.78, 5) is 58.3. The Morgan fingerprint density at radius 2 is 1.78 bits per heavy atom. The van der Waals surface area contributed by atoms with Crippen LogP contribution >= 0.6 is 12.2 Å². The molecule has 4 heterocycles. The normalized spacial score (nSPS) is 22.1. The lowest BCUT2D eigenvalue weighted by atomic mass is 9.90. The second kappa shape index (κ2) is 18.7. The van der Waals surface area contributed by atoms with Crippen molar-refractivity contribution >= 4 is 52.3 Å². The number of piperidine rings is 1. The molecule has 1 aromatic heterocycles. The standard InChI is InChI=1S/C21H27F3N4O4.C18H19F3N4OS/c22-21(23,24)17-12-27(7-2-10-29)8-9-28(17)13-19(31)25-15-4-1-3-14(11-15)16-5-6-18(30)26-20(16)32;1-17(2)15(26)24(16(27)25(17)11-6-4-3-5-7-11)12-8-13(18(19,20)21)14(9-22)23-10-12/h1,3-4,11,16-17,29H,2,5-10,12-13H2,(H,25,31)(H,26,30,32);8,10-11H,3-7H2,1-2H3. The van der Waals surface area contributed by atoms with E-state index in [-0.39, 0.29) is 48.9 Å². The molecular formula is C39H46F6N8O5S. The molecule has 3 aliphatic heterocycles. The van der Waals surface area contributed by atoms with Crippen LogP contribution in [0.5, 0.6) is 0 Å². The van der Waals surface area contributed by atoms with E-state index in [4.69, 9.17) is 22.6 Å². The maximum absolute atomic E-state index is 13.6. The number of rotatable bonds is 9. The van der Waals surface area contributed by atoms with Gasteiger partial charge >= 0.3 is 12.4 Å². The van der Waals surface area contributed by atoms with E-state index < -0.39 is 65.4 Å². The minimum atomic E-state index is -4.75. The first-order valence-corrected chi connectivity index (χ1v) is 19.7. The third-order valence-electron chi connectivity index (χ3n) is 11.0. The summed E-state index contributed by atoms with van der Waals surface area (Å²) in [5.74, 6) is -2.23. The number of thiocarbonyl (C=S) groups is 1. The smallest absolute Gasteiger partial charge is 0.396 e. The summed E-state index contributed by atoms with van der Waals surface area (Å²) in [5.41, 5.74) is -1.92. The van der Waals surface area contributed by atoms with Crippen LogP contribution in [0.1, 0.15) is 88.0 Å². The molecular weight excluding hydrogens is 807 g/mol. The Kier molecular flexibility index (Phi) is 14.4. The molecule has 3 N–H and O–H groups in total. The third-order valence-corrected chi connectivity index (χ3v) is 11.3. The van der Waals surface area contributed by atoms with Gasteiger partial charge in [0.25, 0.3) is 5.91 Å². The van der Waals surface area contributed by atoms with Gasteiger partial charge in [-0.25, -0.2) is 4.98 Å². The Morgan fingerprint density at radius 3 is 2.41 bits per heavy atom. The number of pyridine rings is 1. The first-order chi connectivity index (χ1) is 27.8. The number of hydrogen-bond donors (Lipinski definition) is 3. The zero-order valence-corrected chi connectivity index (χ0v) is 33.4. The van der Waals surface area contributed by atoms with E-state index in [0.717, 1.165) is 54.2 Å². The molecule has 3 saturated heterocycles. The molecule has 2 aromatic rings. The number of imide groups is 1. The first-order valence-electron chi connectivity index (χ1n) is 19.3. The SMILES string of the molecule is CC1(C)C(=O)N(c2cnc(C#N)c(C(F)(F)F)c2)C(=S)N1C1CCCCC1.O=C1CCC(c2cccc(NC(=O)CN3CCN(CCCO)CC3C(F)(F)F)c2)C(=O)N1. The quantitative estimate of drug-likeness (QED) is 0.175. The van der Waals surface area contributed by atoms with E-state index in [2.05, 4.69) is 15.6 Å². The number of aliphatic hydroxyl groups excluding tert-OH is 1. The van der Waals surface area contributed by atoms with Gasteiger partial charge in [-0.3, -0.25) is 34.3 Å². The number of carbonyl (C=O) groups excluding carboxylic acids is 4. The third kappa shape index (κ3) is 10.7. The lowest BCUT2D eigenvalue weighted by Crippen LogP contribution is -2.60. The van der Waals surface area contributed by atoms with Crippen LogP contribution in [-0.2, 0) is 25.4 Å². The highest BCUT2D eigenvalue weighted by Crippen LogP contribution is 2.40. The number of carbonyl (C=O) groups is 4. The van der Waals surface area contributed by atoms with Crippen LogP contribution < -0.4 is 15.5 Å². The van der Waals surface area contributed by atoms with Gasteiger partial charge in [-0.15, -0.1) is 0 Å². The van der Waals surface area contributed by atoms with Crippen molar-refractivity contribution in [3.05, 3.63) is 53.3 Å². The molecule has 4 fully saturated rings. The summed E-state index contributed by atoms with van der Waals surface area (Å²) in [6, 6.07) is 7.09. The van der Waals surface area contributed by atoms with Crippen molar-refractivity contribution in [3.63, 3.8) is 0 Å². The van der Waals surface area contributed by atoms with Gasteiger partial charge in [0.15, 0.2) is 10.8 Å². The number of anilines is 2. The second-order valence-corrected chi connectivity index (χ2v) is 15.8. The lowest BCUT2D eigenvalue weighted by molar-refractivity contribution is -0.197. The molecule has 0 spiro atoms. The van der Waals surface area contributed by atoms with E-state index in [1.807, 2.05) is 4.90 Å². The predicted octanol–water partition coefficient (Wildman–Crippen LogP) is 5.09. The van der Waals surface area contributed by atoms with Crippen molar-refractivity contribution in [2.24, 2.45) is 0 Å². The highest BCUT2D eigenvalue weighted by Gasteiger charge is 2.52. The Balaban J connectivity index is 0.000000227. The van der Waals surface area contributed by atoms with Gasteiger partial charge in [0, 0.05) is 50.9 Å². The van der Waals surface area contributed by atoms with Crippen molar-refractivity contribution in [2.75, 3.05) is 49.5 Å². The molecule has 320 valence electrons. The average Bonchev–Trinajstić information content (AvgIpc) is 3.35. The summed E-state index contributed by atoms with van der Waals surface area (Å²) >= 11 is 5.51. The van der Waals surface area contributed by atoms with E-state index >= 15 is 0 Å². The highest BCUT2D eigenvalue weighted by molar-refractivity contribution is 7.80. The number of halogens is 6. The van der Waals surface area contributed by atoms with Crippen LogP contribution in [0.2, 0.25) is 0 Å². The summed E-state index contributed by atoms with van der Waals surface area (Å²) < 4.78 is 80.6. The molecule has 1 aliphatic carbocycles. The Morgan fingerprint density at radius 1 is 1.07 bits per heavy atom. The highest BCUT2D eigenvalue weighted by atomic mass is 32.1. The number of aromatic nitrogens is 1. The van der Waals surface area contributed by atoms with Crippen LogP contribution in [0.3, 0.4) is 0 Å². The molecule has 59 heavy (non-hydrogen) atoms. The maximum atomic E-state index is 13.6. The zero-order valence-electron chi connectivity index (χ0n) is 32.5. The van der Waals surface area contributed by atoms with Crippen molar-refractivity contribution in [1.82, 2.24) is 25.0 Å². The molecule has 4 aliphatic rings. The lowest BCUT2D eigenvalue weighted by Gasteiger charge is -2.41. The molecule has 6 rings (SSSR count). The molecule has 20 heteroatoms. The maximum Gasteiger partial charge on any atom is 0.419 e. The number of amides is 4. The van der Waals surface area contributed by atoms with Gasteiger partial charge < -0.3 is 20.2 Å². The van der Waals surface area contributed by atoms with Crippen LogP contribution in [0.15, 0.2) is 36.5 Å². The van der Waals surface area contributed by atoms with Crippen molar-refractivity contribution in [1.29, 1.82) is 5.26 Å². The fourth-order valence-electron chi connectivity index (χ4n) is 7.98. The molecule has 2 atom stereocenters. The number of benzene rings is 1. The Labute approximate surface area is 342 Å². The fraction of sp³-hybridized carbons (Fsp3) is 0.564. The number of alkyl halides is 6. The zero-order chi connectivity index (χ0) is 43.3. The van der Waals surface area contributed by atoms with E-state index in [9.17, 15) is 45.5 Å². The van der Waals surface area contributed by atoms with Gasteiger partial charge in [-0.05, 0) is 75.5 Å². The van der Waals surface area contributed by atoms with Crippen LogP contribution in [-0.4, -0.2) is 117 Å². The summed E-state index contributed by atoms with van der Waals surface area (Å²) in [6.07, 6.45) is -2.19. The summed E-state index contributed by atoms with van der Waals surface area (Å²) in [5, 5.41) is 22.9. The average molecular weight is 853 g/mol. The predicted molar refractivity (Wildman–Crippen MR) is 207 cm³/mol. The van der Waals surface area contributed by atoms with E-state index in [1.54, 1.807) is 43.0 Å². The van der Waals surface area contributed by atoms with Gasteiger partial charge in [0.1, 0.15) is 17.6 Å². The number of nitrogens with zero attached hydrogens (tertiary/aromatic N) is 6. The molecule has 0 radical (unpaired) electrons. The number of nitrogens with one attached hydrogen (secondary N) is 2. The van der Waals surface area contributed by atoms with Crippen molar-refractivity contribution in [3.8, 4) is 6.07 Å². The molecule has 1 aromatic carbocycles. The molecule has 1 saturated carbocycles.